The first-order valence-corrected chi connectivity index (χ1v) is 13.7. The van der Waals surface area contributed by atoms with Crippen molar-refractivity contribution in [3.05, 3.63) is 140 Å². The molecule has 2 heterocycles. The van der Waals surface area contributed by atoms with E-state index in [0.717, 1.165) is 49.7 Å². The van der Waals surface area contributed by atoms with Crippen molar-refractivity contribution < 1.29 is 0 Å². The van der Waals surface area contributed by atoms with E-state index in [1.54, 1.807) is 11.3 Å². The van der Waals surface area contributed by atoms with Crippen molar-refractivity contribution in [3.63, 3.8) is 0 Å². The molecule has 39 heavy (non-hydrogen) atoms. The Kier molecular flexibility index (Phi) is 6.00. The van der Waals surface area contributed by atoms with Gasteiger partial charge in [-0.1, -0.05) is 121 Å². The first-order valence-electron chi connectivity index (χ1n) is 12.9. The molecule has 184 valence electrons. The van der Waals surface area contributed by atoms with Crippen LogP contribution in [0.25, 0.3) is 65.8 Å². The molecule has 4 heteroatoms. The zero-order chi connectivity index (χ0) is 26.0. The summed E-state index contributed by atoms with van der Waals surface area (Å²) in [6.45, 7) is 0. The van der Waals surface area contributed by atoms with E-state index in [-0.39, 0.29) is 0 Å². The molecule has 0 radical (unpaired) electrons. The van der Waals surface area contributed by atoms with Crippen molar-refractivity contribution in [1.29, 1.82) is 0 Å². The number of aromatic nitrogens is 3. The lowest BCUT2D eigenvalue weighted by atomic mass is 10.0. The number of thiazole rings is 1. The van der Waals surface area contributed by atoms with E-state index in [9.17, 15) is 0 Å². The minimum Gasteiger partial charge on any atom is -0.236 e. The fraction of sp³-hybridized carbons (Fsp3) is 0. The zero-order valence-corrected chi connectivity index (χ0v) is 21.8. The average Bonchev–Trinajstić information content (AvgIpc) is 3.46. The Bertz CT molecular complexity index is 1820. The van der Waals surface area contributed by atoms with Crippen LogP contribution in [0, 0.1) is 0 Å². The first-order chi connectivity index (χ1) is 19.3. The maximum absolute atomic E-state index is 4.96. The van der Waals surface area contributed by atoms with Gasteiger partial charge in [-0.3, -0.25) is 0 Å². The average molecular weight is 518 g/mol. The van der Waals surface area contributed by atoms with Gasteiger partial charge >= 0.3 is 0 Å². The van der Waals surface area contributed by atoms with Crippen LogP contribution in [0.3, 0.4) is 0 Å². The fourth-order valence-corrected chi connectivity index (χ4v) is 5.72. The monoisotopic (exact) mass is 517 g/mol. The summed E-state index contributed by atoms with van der Waals surface area (Å²) >= 11 is 1.73. The molecule has 0 aliphatic rings. The molecule has 5 aromatic carbocycles. The predicted molar refractivity (Wildman–Crippen MR) is 162 cm³/mol. The molecule has 0 fully saturated rings. The van der Waals surface area contributed by atoms with Gasteiger partial charge in [-0.2, -0.15) is 0 Å². The third kappa shape index (κ3) is 4.74. The molecule has 0 atom stereocenters. The van der Waals surface area contributed by atoms with E-state index in [2.05, 4.69) is 97.1 Å². The van der Waals surface area contributed by atoms with E-state index < -0.39 is 0 Å². The van der Waals surface area contributed by atoms with Gasteiger partial charge in [-0.05, 0) is 29.3 Å². The van der Waals surface area contributed by atoms with Gasteiger partial charge in [-0.15, -0.1) is 11.3 Å². The summed E-state index contributed by atoms with van der Waals surface area (Å²) in [5.74, 6) is 0.715. The van der Waals surface area contributed by atoms with E-state index in [4.69, 9.17) is 15.0 Å². The normalized spacial score (nSPS) is 11.1. The number of rotatable bonds is 5. The summed E-state index contributed by atoms with van der Waals surface area (Å²) in [5, 5.41) is 1.04. The number of benzene rings is 5. The lowest BCUT2D eigenvalue weighted by Gasteiger charge is -2.10. The van der Waals surface area contributed by atoms with Gasteiger partial charge < -0.3 is 0 Å². The van der Waals surface area contributed by atoms with E-state index in [1.807, 2.05) is 42.5 Å². The summed E-state index contributed by atoms with van der Waals surface area (Å²) in [5.41, 5.74) is 9.45. The highest BCUT2D eigenvalue weighted by molar-refractivity contribution is 7.21. The van der Waals surface area contributed by atoms with Crippen LogP contribution in [0.15, 0.2) is 140 Å². The van der Waals surface area contributed by atoms with Gasteiger partial charge in [0.15, 0.2) is 5.82 Å². The molecule has 7 aromatic rings. The molecule has 2 aromatic heterocycles. The Balaban J connectivity index is 1.25. The zero-order valence-electron chi connectivity index (χ0n) is 21.0. The molecule has 0 aliphatic heterocycles. The van der Waals surface area contributed by atoms with E-state index in [1.165, 1.54) is 10.3 Å². The van der Waals surface area contributed by atoms with Crippen LogP contribution in [0.1, 0.15) is 0 Å². The maximum Gasteiger partial charge on any atom is 0.160 e. The lowest BCUT2D eigenvalue weighted by molar-refractivity contribution is 1.18. The fourth-order valence-electron chi connectivity index (χ4n) is 4.71. The van der Waals surface area contributed by atoms with Gasteiger partial charge in [-0.25, -0.2) is 15.0 Å². The number of fused-ring (bicyclic) bond motifs is 1. The standard InChI is InChI=1S/C35H23N3S/c1-4-10-25(11-5-1)31-23-32(26-12-6-2-7-13-26)37-34(36-31)27-18-16-24(17-19-27)29-20-21-30-33(22-29)39-35(38-30)28-14-8-3-9-15-28/h1-23H. The first kappa shape index (κ1) is 23.2. The van der Waals surface area contributed by atoms with Crippen molar-refractivity contribution in [2.75, 3.05) is 0 Å². The molecular formula is C35H23N3S. The maximum atomic E-state index is 4.96. The molecule has 0 saturated carbocycles. The molecule has 0 amide bonds. The SMILES string of the molecule is c1ccc(-c2cc(-c3ccccc3)nc(-c3ccc(-c4ccc5nc(-c6ccccc6)sc5c4)cc3)n2)cc1. The van der Waals surface area contributed by atoms with Crippen LogP contribution in [-0.2, 0) is 0 Å². The summed E-state index contributed by atoms with van der Waals surface area (Å²) in [6.07, 6.45) is 0. The van der Waals surface area contributed by atoms with Crippen LogP contribution >= 0.6 is 11.3 Å². The minimum absolute atomic E-state index is 0.715. The third-order valence-electron chi connectivity index (χ3n) is 6.75. The van der Waals surface area contributed by atoms with Crippen LogP contribution in [0.4, 0.5) is 0 Å². The van der Waals surface area contributed by atoms with Crippen LogP contribution in [0.2, 0.25) is 0 Å². The molecule has 0 aliphatic carbocycles. The Hall–Kier alpha value is -4.93. The van der Waals surface area contributed by atoms with Crippen molar-refractivity contribution in [1.82, 2.24) is 15.0 Å². The molecule has 0 saturated heterocycles. The second-order valence-electron chi connectivity index (χ2n) is 9.34. The van der Waals surface area contributed by atoms with Gasteiger partial charge in [0, 0.05) is 22.3 Å². The van der Waals surface area contributed by atoms with Gasteiger partial charge in [0.05, 0.1) is 21.6 Å². The summed E-state index contributed by atoms with van der Waals surface area (Å²) in [7, 11) is 0. The van der Waals surface area contributed by atoms with Crippen molar-refractivity contribution >= 4 is 21.6 Å². The third-order valence-corrected chi connectivity index (χ3v) is 7.82. The highest BCUT2D eigenvalue weighted by Gasteiger charge is 2.12. The highest BCUT2D eigenvalue weighted by Crippen LogP contribution is 2.34. The van der Waals surface area contributed by atoms with Gasteiger partial charge in [0.25, 0.3) is 0 Å². The largest absolute Gasteiger partial charge is 0.236 e. The quantitative estimate of drug-likeness (QED) is 0.228. The summed E-state index contributed by atoms with van der Waals surface area (Å²) < 4.78 is 1.18. The number of hydrogen-bond donors (Lipinski definition) is 0. The molecule has 0 spiro atoms. The molecule has 0 N–H and O–H groups in total. The Morgan fingerprint density at radius 3 is 1.49 bits per heavy atom. The second kappa shape index (κ2) is 10.1. The molecule has 7 rings (SSSR count). The van der Waals surface area contributed by atoms with E-state index in [0.29, 0.717) is 5.82 Å². The second-order valence-corrected chi connectivity index (χ2v) is 10.4. The molecular weight excluding hydrogens is 494 g/mol. The predicted octanol–water partition coefficient (Wildman–Crippen LogP) is 9.42. The molecule has 0 bridgehead atoms. The Morgan fingerprint density at radius 2 is 0.897 bits per heavy atom. The molecule has 3 nitrogen and oxygen atoms in total. The summed E-state index contributed by atoms with van der Waals surface area (Å²) in [6, 6.07) is 48.0. The van der Waals surface area contributed by atoms with Gasteiger partial charge in [0.2, 0.25) is 0 Å². The topological polar surface area (TPSA) is 38.7 Å². The summed E-state index contributed by atoms with van der Waals surface area (Å²) in [4.78, 5) is 14.8. The number of nitrogens with zero attached hydrogens (tertiary/aromatic N) is 3. The lowest BCUT2D eigenvalue weighted by Crippen LogP contribution is -1.95. The smallest absolute Gasteiger partial charge is 0.160 e. The molecule has 0 unspecified atom stereocenters. The number of hydrogen-bond acceptors (Lipinski definition) is 4. The van der Waals surface area contributed by atoms with Crippen molar-refractivity contribution in [2.45, 2.75) is 0 Å². The van der Waals surface area contributed by atoms with E-state index >= 15 is 0 Å². The highest BCUT2D eigenvalue weighted by atomic mass is 32.1. The van der Waals surface area contributed by atoms with Crippen LogP contribution in [0.5, 0.6) is 0 Å². The Labute approximate surface area is 231 Å². The van der Waals surface area contributed by atoms with Crippen molar-refractivity contribution in [2.24, 2.45) is 0 Å². The minimum atomic E-state index is 0.715. The Morgan fingerprint density at radius 1 is 0.385 bits per heavy atom. The van der Waals surface area contributed by atoms with Crippen LogP contribution < -0.4 is 0 Å². The van der Waals surface area contributed by atoms with Crippen LogP contribution in [-0.4, -0.2) is 15.0 Å². The van der Waals surface area contributed by atoms with Crippen molar-refractivity contribution in [3.8, 4) is 55.6 Å². The van der Waals surface area contributed by atoms with Gasteiger partial charge in [0.1, 0.15) is 5.01 Å².